The Kier molecular flexibility index (Phi) is 3.64. The van der Waals surface area contributed by atoms with Crippen LogP contribution in [0.3, 0.4) is 0 Å². The predicted molar refractivity (Wildman–Crippen MR) is 71.6 cm³/mol. The summed E-state index contributed by atoms with van der Waals surface area (Å²) in [5.74, 6) is 0.112. The Labute approximate surface area is 110 Å². The zero-order chi connectivity index (χ0) is 13.9. The van der Waals surface area contributed by atoms with Gasteiger partial charge in [-0.1, -0.05) is 12.1 Å². The van der Waals surface area contributed by atoms with Crippen LogP contribution in [-0.2, 0) is 10.1 Å². The van der Waals surface area contributed by atoms with Gasteiger partial charge >= 0.3 is 0 Å². The molecule has 0 heterocycles. The lowest BCUT2D eigenvalue weighted by Crippen LogP contribution is -1.96. The molecule has 0 aliphatic carbocycles. The van der Waals surface area contributed by atoms with E-state index in [4.69, 9.17) is 4.55 Å². The van der Waals surface area contributed by atoms with E-state index in [1.807, 2.05) is 0 Å². The van der Waals surface area contributed by atoms with E-state index < -0.39 is 10.1 Å². The van der Waals surface area contributed by atoms with Gasteiger partial charge in [0.1, 0.15) is 5.75 Å². The smallest absolute Gasteiger partial charge is 0.294 e. The molecule has 6 heteroatoms. The van der Waals surface area contributed by atoms with Crippen molar-refractivity contribution in [3.63, 3.8) is 0 Å². The highest BCUT2D eigenvalue weighted by molar-refractivity contribution is 7.85. The average Bonchev–Trinajstić information content (AvgIpc) is 2.37. The molecule has 98 valence electrons. The molecule has 0 aliphatic heterocycles. The quantitative estimate of drug-likeness (QED) is 0.666. The van der Waals surface area contributed by atoms with Crippen LogP contribution in [0.4, 0.5) is 5.69 Å². The second kappa shape index (κ2) is 5.21. The number of hydrogen-bond acceptors (Lipinski definition) is 4. The number of benzene rings is 2. The minimum atomic E-state index is -4.19. The second-order valence-electron chi connectivity index (χ2n) is 3.79. The maximum absolute atomic E-state index is 10.9. The number of rotatable bonds is 3. The van der Waals surface area contributed by atoms with Gasteiger partial charge < -0.3 is 5.11 Å². The highest BCUT2D eigenvalue weighted by Crippen LogP contribution is 2.18. The molecule has 0 saturated heterocycles. The first kappa shape index (κ1) is 13.3. The zero-order valence-corrected chi connectivity index (χ0v) is 10.6. The summed E-state index contributed by atoms with van der Waals surface area (Å²) in [6.45, 7) is 0. The van der Waals surface area contributed by atoms with Crippen molar-refractivity contribution in [2.24, 2.45) is 4.99 Å². The molecule has 2 aromatic rings. The molecule has 0 unspecified atom stereocenters. The summed E-state index contributed by atoms with van der Waals surface area (Å²) in [4.78, 5) is 3.91. The van der Waals surface area contributed by atoms with Crippen LogP contribution >= 0.6 is 0 Å². The van der Waals surface area contributed by atoms with Crippen LogP contribution in [0.2, 0.25) is 0 Å². The number of aliphatic imine (C=N–C) groups is 1. The highest BCUT2D eigenvalue weighted by Gasteiger charge is 2.07. The van der Waals surface area contributed by atoms with Crippen LogP contribution in [0.1, 0.15) is 5.56 Å². The fourth-order valence-electron chi connectivity index (χ4n) is 1.44. The maximum atomic E-state index is 10.9. The first-order valence-electron chi connectivity index (χ1n) is 5.36. The van der Waals surface area contributed by atoms with Crippen LogP contribution in [-0.4, -0.2) is 24.3 Å². The Bertz CT molecular complexity index is 706. The fraction of sp³-hybridized carbons (Fsp3) is 0. The Morgan fingerprint density at radius 3 is 2.21 bits per heavy atom. The molecule has 19 heavy (non-hydrogen) atoms. The third-order valence-electron chi connectivity index (χ3n) is 2.42. The number of hydrogen-bond donors (Lipinski definition) is 2. The summed E-state index contributed by atoms with van der Waals surface area (Å²) in [6.07, 6.45) is 1.47. The van der Waals surface area contributed by atoms with E-state index in [2.05, 4.69) is 4.99 Å². The molecule has 0 amide bonds. The van der Waals surface area contributed by atoms with Crippen LogP contribution in [0, 0.1) is 0 Å². The molecule has 2 aromatic carbocycles. The van der Waals surface area contributed by atoms with Crippen molar-refractivity contribution in [3.8, 4) is 5.75 Å². The molecule has 5 nitrogen and oxygen atoms in total. The molecule has 2 rings (SSSR count). The summed E-state index contributed by atoms with van der Waals surface area (Å²) < 4.78 is 30.5. The largest absolute Gasteiger partial charge is 0.507 e. The molecular weight excluding hydrogens is 266 g/mol. The van der Waals surface area contributed by atoms with E-state index >= 15 is 0 Å². The molecule has 0 spiro atoms. The van der Waals surface area contributed by atoms with Gasteiger partial charge in [0.25, 0.3) is 10.1 Å². The molecule has 0 bridgehead atoms. The minimum absolute atomic E-state index is 0.112. The molecule has 0 fully saturated rings. The summed E-state index contributed by atoms with van der Waals surface area (Å²) in [5.41, 5.74) is 1.07. The molecule has 2 N–H and O–H groups in total. The predicted octanol–water partition coefficient (Wildman–Crippen LogP) is 2.39. The van der Waals surface area contributed by atoms with Gasteiger partial charge in [-0.05, 0) is 36.4 Å². The third-order valence-corrected chi connectivity index (χ3v) is 3.29. The molecular formula is C13H11NO4S. The van der Waals surface area contributed by atoms with Crippen LogP contribution in [0.5, 0.6) is 5.75 Å². The standard InChI is InChI=1S/C13H11NO4S/c15-13-4-2-1-3-10(13)9-14-11-5-7-12(8-6-11)19(16,17)18/h1-9,15H,(H,16,17,18). The number of para-hydroxylation sites is 1. The van der Waals surface area contributed by atoms with Crippen molar-refractivity contribution in [3.05, 3.63) is 54.1 Å². The van der Waals surface area contributed by atoms with Gasteiger partial charge in [0.05, 0.1) is 10.6 Å². The second-order valence-corrected chi connectivity index (χ2v) is 5.21. The van der Waals surface area contributed by atoms with E-state index in [1.54, 1.807) is 24.3 Å². The highest BCUT2D eigenvalue weighted by atomic mass is 32.2. The lowest BCUT2D eigenvalue weighted by molar-refractivity contribution is 0.474. The van der Waals surface area contributed by atoms with E-state index in [0.29, 0.717) is 11.3 Å². The van der Waals surface area contributed by atoms with Crippen LogP contribution < -0.4 is 0 Å². The maximum Gasteiger partial charge on any atom is 0.294 e. The summed E-state index contributed by atoms with van der Waals surface area (Å²) in [7, 11) is -4.19. The van der Waals surface area contributed by atoms with Gasteiger partial charge in [0, 0.05) is 11.8 Å². The lowest BCUT2D eigenvalue weighted by Gasteiger charge is -1.99. The van der Waals surface area contributed by atoms with Crippen molar-refractivity contribution >= 4 is 22.0 Å². The molecule has 0 saturated carbocycles. The van der Waals surface area contributed by atoms with Gasteiger partial charge in [-0.15, -0.1) is 0 Å². The fourth-order valence-corrected chi connectivity index (χ4v) is 1.92. The number of aromatic hydroxyl groups is 1. The number of phenols is 1. The van der Waals surface area contributed by atoms with Crippen molar-refractivity contribution in [1.82, 2.24) is 0 Å². The Hall–Kier alpha value is -2.18. The lowest BCUT2D eigenvalue weighted by atomic mass is 10.2. The normalized spacial score (nSPS) is 11.8. The first-order chi connectivity index (χ1) is 8.97. The minimum Gasteiger partial charge on any atom is -0.507 e. The van der Waals surface area contributed by atoms with Crippen molar-refractivity contribution in [1.29, 1.82) is 0 Å². The van der Waals surface area contributed by atoms with Gasteiger partial charge in [0.15, 0.2) is 0 Å². The van der Waals surface area contributed by atoms with E-state index in [-0.39, 0.29) is 10.6 Å². The Balaban J connectivity index is 2.23. The van der Waals surface area contributed by atoms with Crippen LogP contribution in [0.25, 0.3) is 0 Å². The van der Waals surface area contributed by atoms with Gasteiger partial charge in [-0.2, -0.15) is 8.42 Å². The van der Waals surface area contributed by atoms with Gasteiger partial charge in [0.2, 0.25) is 0 Å². The van der Waals surface area contributed by atoms with Crippen molar-refractivity contribution in [2.75, 3.05) is 0 Å². The number of phenolic OH excluding ortho intramolecular Hbond substituents is 1. The number of nitrogens with zero attached hydrogens (tertiary/aromatic N) is 1. The summed E-state index contributed by atoms with van der Waals surface area (Å²) in [5, 5.41) is 9.54. The summed E-state index contributed by atoms with van der Waals surface area (Å²) in [6, 6.07) is 12.1. The molecule has 0 radical (unpaired) electrons. The Morgan fingerprint density at radius 2 is 1.63 bits per heavy atom. The zero-order valence-electron chi connectivity index (χ0n) is 9.76. The van der Waals surface area contributed by atoms with Crippen LogP contribution in [0.15, 0.2) is 58.4 Å². The van der Waals surface area contributed by atoms with Gasteiger partial charge in [-0.3, -0.25) is 9.55 Å². The van der Waals surface area contributed by atoms with E-state index in [0.717, 1.165) is 0 Å². The van der Waals surface area contributed by atoms with Gasteiger partial charge in [-0.25, -0.2) is 0 Å². The molecule has 0 aromatic heterocycles. The Morgan fingerprint density at radius 1 is 1.00 bits per heavy atom. The average molecular weight is 277 g/mol. The third kappa shape index (κ3) is 3.40. The van der Waals surface area contributed by atoms with E-state index in [9.17, 15) is 13.5 Å². The van der Waals surface area contributed by atoms with Crippen molar-refractivity contribution in [2.45, 2.75) is 4.90 Å². The topological polar surface area (TPSA) is 87.0 Å². The summed E-state index contributed by atoms with van der Waals surface area (Å²) >= 11 is 0. The monoisotopic (exact) mass is 277 g/mol. The SMILES string of the molecule is O=S(=O)(O)c1ccc(N=Cc2ccccc2O)cc1. The first-order valence-corrected chi connectivity index (χ1v) is 6.80. The molecule has 0 aliphatic rings. The molecule has 0 atom stereocenters. The van der Waals surface area contributed by atoms with E-state index in [1.165, 1.54) is 30.5 Å². The van der Waals surface area contributed by atoms with Crippen molar-refractivity contribution < 1.29 is 18.1 Å².